The van der Waals surface area contributed by atoms with E-state index in [0.29, 0.717) is 6.54 Å². The number of piperidine rings is 3. The third kappa shape index (κ3) is 2.31. The van der Waals surface area contributed by atoms with Crippen LogP contribution in [0.25, 0.3) is 10.9 Å². The van der Waals surface area contributed by atoms with E-state index in [4.69, 9.17) is 0 Å². The lowest BCUT2D eigenvalue weighted by Gasteiger charge is -2.38. The summed E-state index contributed by atoms with van der Waals surface area (Å²) in [5.41, 5.74) is 3.13. The summed E-state index contributed by atoms with van der Waals surface area (Å²) in [4.78, 5) is 14.1. The van der Waals surface area contributed by atoms with Crippen LogP contribution in [0.2, 0.25) is 0 Å². The molecule has 4 aliphatic rings. The first-order chi connectivity index (χ1) is 10.7. The minimum absolute atomic E-state index is 0.0364. The molecular weight excluding hydrogens is 274 g/mol. The van der Waals surface area contributed by atoms with E-state index < -0.39 is 0 Å². The number of carbonyl (C=O) groups is 1. The molecule has 0 radical (unpaired) electrons. The van der Waals surface area contributed by atoms with Crippen molar-refractivity contribution in [3.63, 3.8) is 0 Å². The molecule has 5 heterocycles. The molecular formula is C18H23N3O. The lowest BCUT2D eigenvalue weighted by atomic mass is 9.89. The molecule has 4 aliphatic heterocycles. The average Bonchev–Trinajstić information content (AvgIpc) is 2.91. The molecule has 22 heavy (non-hydrogen) atoms. The third-order valence-electron chi connectivity index (χ3n) is 5.34. The Morgan fingerprint density at radius 2 is 1.86 bits per heavy atom. The molecule has 6 rings (SSSR count). The fourth-order valence-corrected chi connectivity index (χ4v) is 4.00. The maximum absolute atomic E-state index is 11.6. The Balaban J connectivity index is 0.000000132. The zero-order chi connectivity index (χ0) is 15.1. The molecule has 3 saturated heterocycles. The fraction of sp³-hybridized carbons (Fsp3) is 0.500. The van der Waals surface area contributed by atoms with Crippen LogP contribution in [-0.2, 0) is 13.6 Å². The van der Waals surface area contributed by atoms with Gasteiger partial charge in [0.2, 0.25) is 0 Å². The highest BCUT2D eigenvalue weighted by atomic mass is 16.1. The van der Waals surface area contributed by atoms with Gasteiger partial charge in [0.1, 0.15) is 0 Å². The highest BCUT2D eigenvalue weighted by molar-refractivity contribution is 6.09. The van der Waals surface area contributed by atoms with Crippen molar-refractivity contribution in [2.24, 2.45) is 13.0 Å². The first-order valence-corrected chi connectivity index (χ1v) is 8.30. The summed E-state index contributed by atoms with van der Waals surface area (Å²) in [6, 6.07) is 5.84. The van der Waals surface area contributed by atoms with Gasteiger partial charge < -0.3 is 14.8 Å². The first-order valence-electron chi connectivity index (χ1n) is 8.30. The van der Waals surface area contributed by atoms with E-state index in [1.807, 2.05) is 25.2 Å². The first kappa shape index (κ1) is 13.8. The topological polar surface area (TPSA) is 37.3 Å². The second-order valence-corrected chi connectivity index (χ2v) is 6.72. The number of rotatable bonds is 0. The van der Waals surface area contributed by atoms with Crippen molar-refractivity contribution in [3.05, 3.63) is 35.5 Å². The fourth-order valence-electron chi connectivity index (χ4n) is 4.00. The van der Waals surface area contributed by atoms with Crippen molar-refractivity contribution < 1.29 is 4.79 Å². The van der Waals surface area contributed by atoms with Crippen LogP contribution in [-0.4, -0.2) is 35.0 Å². The van der Waals surface area contributed by atoms with Crippen LogP contribution < -0.4 is 5.32 Å². The Bertz CT molecular complexity index is 687. The van der Waals surface area contributed by atoms with Crippen molar-refractivity contribution in [1.29, 1.82) is 0 Å². The monoisotopic (exact) mass is 297 g/mol. The molecule has 1 amide bonds. The Morgan fingerprint density at radius 1 is 1.14 bits per heavy atom. The summed E-state index contributed by atoms with van der Waals surface area (Å²) in [5, 5.41) is 3.97. The minimum Gasteiger partial charge on any atom is -0.350 e. The van der Waals surface area contributed by atoms with Gasteiger partial charge in [0, 0.05) is 36.3 Å². The van der Waals surface area contributed by atoms with Crippen molar-refractivity contribution in [3.8, 4) is 0 Å². The van der Waals surface area contributed by atoms with Gasteiger partial charge in [-0.1, -0.05) is 6.07 Å². The lowest BCUT2D eigenvalue weighted by molar-refractivity contribution is 0.0949. The quantitative estimate of drug-likeness (QED) is 0.811. The van der Waals surface area contributed by atoms with Gasteiger partial charge >= 0.3 is 0 Å². The summed E-state index contributed by atoms with van der Waals surface area (Å²) < 4.78 is 2.06. The predicted octanol–water partition coefficient (Wildman–Crippen LogP) is 2.52. The molecule has 1 aromatic heterocycles. The summed E-state index contributed by atoms with van der Waals surface area (Å²) >= 11 is 0. The number of aromatic nitrogens is 1. The van der Waals surface area contributed by atoms with Crippen LogP contribution >= 0.6 is 0 Å². The van der Waals surface area contributed by atoms with Gasteiger partial charge in [-0.25, -0.2) is 0 Å². The molecule has 116 valence electrons. The highest BCUT2D eigenvalue weighted by Crippen LogP contribution is 2.27. The van der Waals surface area contributed by atoms with Crippen molar-refractivity contribution in [2.75, 3.05) is 19.6 Å². The minimum atomic E-state index is 0.0364. The van der Waals surface area contributed by atoms with E-state index in [-0.39, 0.29) is 5.91 Å². The van der Waals surface area contributed by atoms with Crippen LogP contribution in [0.1, 0.15) is 35.2 Å². The molecule has 0 saturated carbocycles. The number of hydrogen-bond acceptors (Lipinski definition) is 2. The zero-order valence-corrected chi connectivity index (χ0v) is 13.1. The van der Waals surface area contributed by atoms with Crippen LogP contribution in [0.5, 0.6) is 0 Å². The third-order valence-corrected chi connectivity index (χ3v) is 5.34. The van der Waals surface area contributed by atoms with Crippen LogP contribution in [0.4, 0.5) is 0 Å². The van der Waals surface area contributed by atoms with E-state index in [1.165, 1.54) is 44.5 Å². The average molecular weight is 297 g/mol. The summed E-state index contributed by atoms with van der Waals surface area (Å²) in [5.74, 6) is 1.15. The largest absolute Gasteiger partial charge is 0.350 e. The maximum Gasteiger partial charge on any atom is 0.252 e. The number of fused-ring (bicyclic) bond motifs is 3. The van der Waals surface area contributed by atoms with Crippen molar-refractivity contribution in [1.82, 2.24) is 14.8 Å². The van der Waals surface area contributed by atoms with Crippen molar-refractivity contribution >= 4 is 16.8 Å². The number of aryl methyl sites for hydroxylation is 1. The van der Waals surface area contributed by atoms with Gasteiger partial charge in [0.05, 0.1) is 0 Å². The van der Waals surface area contributed by atoms with Gasteiger partial charge in [-0.2, -0.15) is 0 Å². The molecule has 0 atom stereocenters. The molecule has 2 aromatic rings. The summed E-state index contributed by atoms with van der Waals surface area (Å²) in [6.07, 6.45) is 6.54. The van der Waals surface area contributed by atoms with E-state index in [0.717, 1.165) is 22.4 Å². The molecule has 1 N–H and O–H groups in total. The zero-order valence-electron chi connectivity index (χ0n) is 13.1. The second kappa shape index (κ2) is 5.43. The van der Waals surface area contributed by atoms with Gasteiger partial charge in [-0.05, 0) is 62.5 Å². The second-order valence-electron chi connectivity index (χ2n) is 6.72. The molecule has 1 aromatic carbocycles. The molecule has 0 unspecified atom stereocenters. The summed E-state index contributed by atoms with van der Waals surface area (Å²) in [6.45, 7) is 4.83. The van der Waals surface area contributed by atoms with E-state index in [2.05, 4.69) is 21.0 Å². The normalized spacial score (nSPS) is 25.6. The van der Waals surface area contributed by atoms with Gasteiger partial charge in [0.15, 0.2) is 0 Å². The van der Waals surface area contributed by atoms with Gasteiger partial charge in [0.25, 0.3) is 5.91 Å². The summed E-state index contributed by atoms with van der Waals surface area (Å²) in [7, 11) is 2.01. The Morgan fingerprint density at radius 3 is 2.45 bits per heavy atom. The maximum atomic E-state index is 11.6. The number of benzene rings is 1. The van der Waals surface area contributed by atoms with Crippen LogP contribution in [0.15, 0.2) is 24.4 Å². The Labute approximate surface area is 131 Å². The van der Waals surface area contributed by atoms with Gasteiger partial charge in [-0.15, -0.1) is 0 Å². The number of amides is 1. The SMILES string of the molecule is C1CN2CCC1CC2.Cn1cc2c3c(cccc31)C(=O)NC2. The number of hydrogen-bond donors (Lipinski definition) is 1. The molecule has 2 bridgehead atoms. The predicted molar refractivity (Wildman–Crippen MR) is 87.9 cm³/mol. The lowest BCUT2D eigenvalue weighted by Crippen LogP contribution is -2.41. The number of nitrogens with one attached hydrogen (secondary N) is 1. The Hall–Kier alpha value is -1.81. The molecule has 4 nitrogen and oxygen atoms in total. The number of nitrogens with zero attached hydrogens (tertiary/aromatic N) is 2. The molecule has 0 aliphatic carbocycles. The van der Waals surface area contributed by atoms with E-state index in [1.54, 1.807) is 0 Å². The van der Waals surface area contributed by atoms with E-state index in [9.17, 15) is 4.79 Å². The number of carbonyl (C=O) groups excluding carboxylic acids is 1. The molecule has 4 heteroatoms. The van der Waals surface area contributed by atoms with Crippen LogP contribution in [0.3, 0.4) is 0 Å². The van der Waals surface area contributed by atoms with Crippen molar-refractivity contribution in [2.45, 2.75) is 25.8 Å². The highest BCUT2D eigenvalue weighted by Gasteiger charge is 2.24. The van der Waals surface area contributed by atoms with Gasteiger partial charge in [-0.3, -0.25) is 4.79 Å². The molecule has 0 spiro atoms. The standard InChI is InChI=1S/C11H10N2O.C7H13N/c1-13-6-7-5-12-11(14)8-3-2-4-9(13)10(7)8;1-4-8-5-2-7(1)3-6-8/h2-4,6H,5H2,1H3,(H,12,14);7H,1-6H2. The molecule has 3 fully saturated rings. The van der Waals surface area contributed by atoms with E-state index >= 15 is 0 Å². The Kier molecular flexibility index (Phi) is 3.41. The smallest absolute Gasteiger partial charge is 0.252 e. The van der Waals surface area contributed by atoms with Crippen LogP contribution in [0, 0.1) is 5.92 Å².